The highest BCUT2D eigenvalue weighted by atomic mass is 15.2. The Balaban J connectivity index is 1.97. The fraction of sp³-hybridized carbons (Fsp3) is 0.143. The van der Waals surface area contributed by atoms with Gasteiger partial charge < -0.3 is 4.90 Å². The van der Waals surface area contributed by atoms with Gasteiger partial charge in [0, 0.05) is 19.3 Å². The first kappa shape index (κ1) is 9.86. The molecule has 2 aromatic rings. The van der Waals surface area contributed by atoms with Crippen molar-refractivity contribution in [2.75, 3.05) is 4.90 Å². The largest absolute Gasteiger partial charge is 0.347 e. The summed E-state index contributed by atoms with van der Waals surface area (Å²) >= 11 is 0. The van der Waals surface area contributed by atoms with E-state index in [1.807, 2.05) is 18.2 Å². The normalized spacial score (nSPS) is 13.2. The van der Waals surface area contributed by atoms with Crippen LogP contribution in [-0.2, 0) is 13.1 Å². The van der Waals surface area contributed by atoms with E-state index in [1.165, 1.54) is 11.1 Å². The second-order valence-corrected chi connectivity index (χ2v) is 4.11. The quantitative estimate of drug-likeness (QED) is 0.742. The third kappa shape index (κ3) is 1.64. The lowest BCUT2D eigenvalue weighted by Crippen LogP contribution is -2.17. The van der Waals surface area contributed by atoms with Crippen molar-refractivity contribution in [2.45, 2.75) is 13.1 Å². The summed E-state index contributed by atoms with van der Waals surface area (Å²) in [6.45, 7) is 1.67. The Morgan fingerprint density at radius 3 is 2.41 bits per heavy atom. The highest BCUT2D eigenvalue weighted by Crippen LogP contribution is 2.28. The molecule has 3 rings (SSSR count). The van der Waals surface area contributed by atoms with Crippen molar-refractivity contribution < 1.29 is 0 Å². The van der Waals surface area contributed by atoms with Crippen LogP contribution >= 0.6 is 0 Å². The van der Waals surface area contributed by atoms with E-state index in [-0.39, 0.29) is 0 Å². The summed E-state index contributed by atoms with van der Waals surface area (Å²) in [6.07, 6.45) is 1.74. The number of nitrogens with zero attached hydrogens (tertiary/aromatic N) is 3. The van der Waals surface area contributed by atoms with Gasteiger partial charge in [-0.2, -0.15) is 5.26 Å². The second kappa shape index (κ2) is 3.91. The maximum atomic E-state index is 9.08. The highest BCUT2D eigenvalue weighted by Gasteiger charge is 2.21. The molecule has 17 heavy (non-hydrogen) atoms. The van der Waals surface area contributed by atoms with Crippen LogP contribution in [0.3, 0.4) is 0 Å². The molecule has 0 fully saturated rings. The maximum absolute atomic E-state index is 9.08. The molecule has 3 nitrogen and oxygen atoms in total. The molecule has 0 bridgehead atoms. The standard InChI is InChI=1S/C14H11N3/c15-8-11-6-3-7-16-14(11)17-9-12-4-1-2-5-13(12)10-17/h1-7H,9-10H2. The van der Waals surface area contributed by atoms with Crippen LogP contribution in [0.4, 0.5) is 5.82 Å². The number of fused-ring (bicyclic) bond motifs is 1. The Bertz CT molecular complexity index is 573. The molecule has 0 atom stereocenters. The van der Waals surface area contributed by atoms with Gasteiger partial charge in [-0.1, -0.05) is 24.3 Å². The molecule has 0 unspecified atom stereocenters. The van der Waals surface area contributed by atoms with Gasteiger partial charge in [0.25, 0.3) is 0 Å². The molecule has 3 heteroatoms. The number of hydrogen-bond donors (Lipinski definition) is 0. The van der Waals surface area contributed by atoms with Crippen LogP contribution in [0.2, 0.25) is 0 Å². The summed E-state index contributed by atoms with van der Waals surface area (Å²) in [5, 5.41) is 9.08. The fourth-order valence-corrected chi connectivity index (χ4v) is 2.22. The SMILES string of the molecule is N#Cc1cccnc1N1Cc2ccccc2C1. The van der Waals surface area contributed by atoms with Crippen LogP contribution in [0.5, 0.6) is 0 Å². The molecule has 0 aliphatic carbocycles. The molecule has 1 aromatic carbocycles. The van der Waals surface area contributed by atoms with Crippen LogP contribution in [0.25, 0.3) is 0 Å². The van der Waals surface area contributed by atoms with Crippen LogP contribution in [0, 0.1) is 11.3 Å². The topological polar surface area (TPSA) is 39.9 Å². The van der Waals surface area contributed by atoms with Gasteiger partial charge in [0.05, 0.1) is 5.56 Å². The second-order valence-electron chi connectivity index (χ2n) is 4.11. The van der Waals surface area contributed by atoms with Gasteiger partial charge >= 0.3 is 0 Å². The number of pyridine rings is 1. The van der Waals surface area contributed by atoms with Crippen molar-refractivity contribution in [2.24, 2.45) is 0 Å². The average Bonchev–Trinajstić information content (AvgIpc) is 2.82. The van der Waals surface area contributed by atoms with E-state index in [4.69, 9.17) is 5.26 Å². The van der Waals surface area contributed by atoms with Crippen LogP contribution in [-0.4, -0.2) is 4.98 Å². The highest BCUT2D eigenvalue weighted by molar-refractivity contribution is 5.56. The van der Waals surface area contributed by atoms with E-state index in [2.05, 4.69) is 28.1 Å². The minimum absolute atomic E-state index is 0.639. The minimum Gasteiger partial charge on any atom is -0.347 e. The van der Waals surface area contributed by atoms with Gasteiger partial charge in [-0.05, 0) is 23.3 Å². The molecule has 0 saturated heterocycles. The number of rotatable bonds is 1. The Morgan fingerprint density at radius 1 is 1.06 bits per heavy atom. The Morgan fingerprint density at radius 2 is 1.76 bits per heavy atom. The van der Waals surface area contributed by atoms with Crippen molar-refractivity contribution in [3.05, 3.63) is 59.3 Å². The first-order valence-corrected chi connectivity index (χ1v) is 5.55. The molecule has 0 saturated carbocycles. The van der Waals surface area contributed by atoms with Gasteiger partial charge in [-0.25, -0.2) is 4.98 Å². The van der Waals surface area contributed by atoms with E-state index < -0.39 is 0 Å². The molecule has 0 radical (unpaired) electrons. The molecular formula is C14H11N3. The Labute approximate surface area is 99.9 Å². The number of anilines is 1. The van der Waals surface area contributed by atoms with Gasteiger partial charge in [0.1, 0.15) is 11.9 Å². The average molecular weight is 221 g/mol. The van der Waals surface area contributed by atoms with E-state index in [9.17, 15) is 0 Å². The predicted molar refractivity (Wildman–Crippen MR) is 65.3 cm³/mol. The van der Waals surface area contributed by atoms with Gasteiger partial charge in [-0.15, -0.1) is 0 Å². The van der Waals surface area contributed by atoms with Gasteiger partial charge in [-0.3, -0.25) is 0 Å². The zero-order valence-corrected chi connectivity index (χ0v) is 9.30. The van der Waals surface area contributed by atoms with Gasteiger partial charge in [0.2, 0.25) is 0 Å². The summed E-state index contributed by atoms with van der Waals surface area (Å²) in [7, 11) is 0. The van der Waals surface area contributed by atoms with E-state index in [0.717, 1.165) is 18.9 Å². The van der Waals surface area contributed by atoms with Crippen molar-refractivity contribution in [3.8, 4) is 6.07 Å². The monoisotopic (exact) mass is 221 g/mol. The Kier molecular flexibility index (Phi) is 2.27. The lowest BCUT2D eigenvalue weighted by atomic mass is 10.1. The summed E-state index contributed by atoms with van der Waals surface area (Å²) in [6, 6.07) is 14.2. The maximum Gasteiger partial charge on any atom is 0.147 e. The molecule has 0 N–H and O–H groups in total. The molecule has 0 amide bonds. The lowest BCUT2D eigenvalue weighted by molar-refractivity contribution is 0.854. The molecule has 2 heterocycles. The third-order valence-electron chi connectivity index (χ3n) is 3.05. The zero-order valence-electron chi connectivity index (χ0n) is 9.30. The summed E-state index contributed by atoms with van der Waals surface area (Å²) < 4.78 is 0. The van der Waals surface area contributed by atoms with Crippen LogP contribution in [0.15, 0.2) is 42.6 Å². The molecule has 1 aromatic heterocycles. The summed E-state index contributed by atoms with van der Waals surface area (Å²) in [4.78, 5) is 6.46. The third-order valence-corrected chi connectivity index (χ3v) is 3.05. The predicted octanol–water partition coefficient (Wildman–Crippen LogP) is 2.47. The number of benzene rings is 1. The first-order valence-electron chi connectivity index (χ1n) is 5.55. The number of nitriles is 1. The molecular weight excluding hydrogens is 210 g/mol. The van der Waals surface area contributed by atoms with Crippen molar-refractivity contribution in [3.63, 3.8) is 0 Å². The minimum atomic E-state index is 0.639. The summed E-state index contributed by atoms with van der Waals surface area (Å²) in [5.74, 6) is 0.784. The summed E-state index contributed by atoms with van der Waals surface area (Å²) in [5.41, 5.74) is 3.28. The van der Waals surface area contributed by atoms with E-state index in [0.29, 0.717) is 5.56 Å². The molecule has 82 valence electrons. The Hall–Kier alpha value is -2.34. The van der Waals surface area contributed by atoms with Crippen molar-refractivity contribution >= 4 is 5.82 Å². The van der Waals surface area contributed by atoms with Crippen molar-refractivity contribution in [1.82, 2.24) is 4.98 Å². The molecule has 0 spiro atoms. The van der Waals surface area contributed by atoms with Crippen molar-refractivity contribution in [1.29, 1.82) is 5.26 Å². The van der Waals surface area contributed by atoms with Crippen LogP contribution in [0.1, 0.15) is 16.7 Å². The molecule has 1 aliphatic heterocycles. The lowest BCUT2D eigenvalue weighted by Gasteiger charge is -2.17. The number of aromatic nitrogens is 1. The van der Waals surface area contributed by atoms with E-state index >= 15 is 0 Å². The molecule has 1 aliphatic rings. The van der Waals surface area contributed by atoms with E-state index in [1.54, 1.807) is 12.3 Å². The smallest absolute Gasteiger partial charge is 0.147 e. The number of hydrogen-bond acceptors (Lipinski definition) is 3. The van der Waals surface area contributed by atoms with Crippen LogP contribution < -0.4 is 4.90 Å². The zero-order chi connectivity index (χ0) is 11.7. The first-order chi connectivity index (χ1) is 8.38. The van der Waals surface area contributed by atoms with Gasteiger partial charge in [0.15, 0.2) is 0 Å². The fourth-order valence-electron chi connectivity index (χ4n) is 2.22.